The molecule has 98 valence electrons. The van der Waals surface area contributed by atoms with Crippen LogP contribution in [0.3, 0.4) is 0 Å². The summed E-state index contributed by atoms with van der Waals surface area (Å²) in [4.78, 5) is 11.0. The molecule has 0 amide bonds. The minimum atomic E-state index is -3.55. The van der Waals surface area contributed by atoms with Crippen molar-refractivity contribution >= 4 is 21.7 Å². The zero-order valence-corrected chi connectivity index (χ0v) is 10.3. The van der Waals surface area contributed by atoms with E-state index < -0.39 is 27.4 Å². The van der Waals surface area contributed by atoms with Gasteiger partial charge in [0.2, 0.25) is 10.0 Å². The first-order valence-electron chi connectivity index (χ1n) is 5.46. The van der Waals surface area contributed by atoms with Gasteiger partial charge >= 0.3 is 5.97 Å². The summed E-state index contributed by atoms with van der Waals surface area (Å²) in [6.07, 6.45) is 1.17. The maximum atomic E-state index is 13.5. The van der Waals surface area contributed by atoms with Crippen molar-refractivity contribution in [2.75, 3.05) is 16.6 Å². The van der Waals surface area contributed by atoms with Crippen molar-refractivity contribution in [1.82, 2.24) is 0 Å². The molecule has 1 aliphatic rings. The Balaban J connectivity index is 2.57. The third-order valence-electron chi connectivity index (χ3n) is 2.82. The molecule has 5 nitrogen and oxygen atoms in total. The van der Waals surface area contributed by atoms with E-state index in [0.717, 1.165) is 10.4 Å². The highest BCUT2D eigenvalue weighted by Crippen LogP contribution is 2.28. The average Bonchev–Trinajstić information content (AvgIpc) is 2.27. The smallest absolute Gasteiger partial charge is 0.340 e. The van der Waals surface area contributed by atoms with Gasteiger partial charge in [-0.2, -0.15) is 0 Å². The highest BCUT2D eigenvalue weighted by molar-refractivity contribution is 7.92. The Hall–Kier alpha value is -1.63. The molecule has 0 atom stereocenters. The van der Waals surface area contributed by atoms with Crippen LogP contribution in [0.5, 0.6) is 0 Å². The molecule has 1 saturated heterocycles. The lowest BCUT2D eigenvalue weighted by Crippen LogP contribution is -2.38. The molecule has 18 heavy (non-hydrogen) atoms. The molecular weight excluding hydrogens is 261 g/mol. The molecule has 1 N–H and O–H groups in total. The highest BCUT2D eigenvalue weighted by Gasteiger charge is 2.30. The van der Waals surface area contributed by atoms with Crippen molar-refractivity contribution in [3.63, 3.8) is 0 Å². The SMILES string of the molecule is O=C(O)c1c(F)cccc1N1CCCCS1(=O)=O. The van der Waals surface area contributed by atoms with Gasteiger partial charge in [0, 0.05) is 6.54 Å². The number of aromatic carboxylic acids is 1. The Bertz CT molecular complexity index is 585. The van der Waals surface area contributed by atoms with Crippen LogP contribution in [0.25, 0.3) is 0 Å². The van der Waals surface area contributed by atoms with E-state index in [-0.39, 0.29) is 18.0 Å². The number of hydrogen-bond acceptors (Lipinski definition) is 3. The third-order valence-corrected chi connectivity index (χ3v) is 4.68. The Morgan fingerprint density at radius 1 is 1.33 bits per heavy atom. The van der Waals surface area contributed by atoms with Crippen molar-refractivity contribution in [1.29, 1.82) is 0 Å². The van der Waals surface area contributed by atoms with Gasteiger partial charge in [-0.3, -0.25) is 4.31 Å². The lowest BCUT2D eigenvalue weighted by Gasteiger charge is -2.29. The molecule has 0 aromatic heterocycles. The summed E-state index contributed by atoms with van der Waals surface area (Å²) < 4.78 is 38.3. The van der Waals surface area contributed by atoms with Gasteiger partial charge < -0.3 is 5.11 Å². The van der Waals surface area contributed by atoms with E-state index in [1.807, 2.05) is 0 Å². The maximum absolute atomic E-state index is 13.5. The van der Waals surface area contributed by atoms with Crippen molar-refractivity contribution in [3.8, 4) is 0 Å². The standard InChI is InChI=1S/C11H12FNO4S/c12-8-4-3-5-9(10(8)11(14)15)13-6-1-2-7-18(13,16)17/h3-5H,1-2,6-7H2,(H,14,15). The van der Waals surface area contributed by atoms with Crippen molar-refractivity contribution in [3.05, 3.63) is 29.6 Å². The summed E-state index contributed by atoms with van der Waals surface area (Å²) in [5.41, 5.74) is -0.690. The molecule has 1 aromatic carbocycles. The lowest BCUT2D eigenvalue weighted by molar-refractivity contribution is 0.0693. The van der Waals surface area contributed by atoms with E-state index in [1.54, 1.807) is 0 Å². The average molecular weight is 273 g/mol. The van der Waals surface area contributed by atoms with E-state index in [4.69, 9.17) is 5.11 Å². The van der Waals surface area contributed by atoms with Gasteiger partial charge in [-0.05, 0) is 25.0 Å². The Labute approximate surface area is 104 Å². The molecule has 2 rings (SSSR count). The van der Waals surface area contributed by atoms with Crippen LogP contribution >= 0.6 is 0 Å². The second-order valence-corrected chi connectivity index (χ2v) is 6.05. The number of halogens is 1. The minimum absolute atomic E-state index is 0.0391. The van der Waals surface area contributed by atoms with Gasteiger partial charge in [-0.15, -0.1) is 0 Å². The molecule has 0 radical (unpaired) electrons. The van der Waals surface area contributed by atoms with Crippen LogP contribution in [0.4, 0.5) is 10.1 Å². The van der Waals surface area contributed by atoms with E-state index in [2.05, 4.69) is 0 Å². The van der Waals surface area contributed by atoms with E-state index in [0.29, 0.717) is 12.8 Å². The molecule has 0 saturated carbocycles. The first kappa shape index (κ1) is 12.8. The number of sulfonamides is 1. The van der Waals surface area contributed by atoms with Gasteiger partial charge in [0.15, 0.2) is 0 Å². The van der Waals surface area contributed by atoms with Crippen LogP contribution in [0.15, 0.2) is 18.2 Å². The van der Waals surface area contributed by atoms with Crippen molar-refractivity contribution in [2.45, 2.75) is 12.8 Å². The van der Waals surface area contributed by atoms with Crippen molar-refractivity contribution in [2.24, 2.45) is 0 Å². The number of nitrogens with zero attached hydrogens (tertiary/aromatic N) is 1. The predicted molar refractivity (Wildman–Crippen MR) is 63.7 cm³/mol. The number of carboxylic acid groups (broad SMARTS) is 1. The quantitative estimate of drug-likeness (QED) is 0.885. The molecule has 0 bridgehead atoms. The van der Waals surface area contributed by atoms with Crippen molar-refractivity contribution < 1.29 is 22.7 Å². The lowest BCUT2D eigenvalue weighted by atomic mass is 10.1. The Kier molecular flexibility index (Phi) is 3.25. The minimum Gasteiger partial charge on any atom is -0.478 e. The number of rotatable bonds is 2. The molecule has 0 aliphatic carbocycles. The number of carboxylic acids is 1. The van der Waals surface area contributed by atoms with E-state index in [9.17, 15) is 17.6 Å². The fourth-order valence-electron chi connectivity index (χ4n) is 1.99. The van der Waals surface area contributed by atoms with Gasteiger partial charge in [0.05, 0.1) is 11.4 Å². The molecule has 0 spiro atoms. The summed E-state index contributed by atoms with van der Waals surface area (Å²) in [6, 6.07) is 3.63. The van der Waals surface area contributed by atoms with Crippen LogP contribution in [0.2, 0.25) is 0 Å². The first-order chi connectivity index (χ1) is 8.43. The van der Waals surface area contributed by atoms with Gasteiger partial charge in [0.25, 0.3) is 0 Å². The normalized spacial score (nSPS) is 18.6. The molecule has 1 fully saturated rings. The summed E-state index contributed by atoms with van der Waals surface area (Å²) >= 11 is 0. The van der Waals surface area contributed by atoms with Gasteiger partial charge in [0.1, 0.15) is 11.4 Å². The summed E-state index contributed by atoms with van der Waals surface area (Å²) in [7, 11) is -3.55. The number of benzene rings is 1. The second-order valence-electron chi connectivity index (χ2n) is 4.03. The fourth-order valence-corrected chi connectivity index (χ4v) is 3.64. The Morgan fingerprint density at radius 2 is 2.06 bits per heavy atom. The van der Waals surface area contributed by atoms with Crippen LogP contribution in [-0.2, 0) is 10.0 Å². The second kappa shape index (κ2) is 4.56. The van der Waals surface area contributed by atoms with Crippen LogP contribution in [-0.4, -0.2) is 31.8 Å². The maximum Gasteiger partial charge on any atom is 0.340 e. The highest BCUT2D eigenvalue weighted by atomic mass is 32.2. The largest absolute Gasteiger partial charge is 0.478 e. The van der Waals surface area contributed by atoms with Gasteiger partial charge in [-0.1, -0.05) is 6.07 Å². The number of hydrogen-bond donors (Lipinski definition) is 1. The van der Waals surface area contributed by atoms with E-state index in [1.165, 1.54) is 12.1 Å². The van der Waals surface area contributed by atoms with Crippen LogP contribution in [0.1, 0.15) is 23.2 Å². The fraction of sp³-hybridized carbons (Fsp3) is 0.364. The number of anilines is 1. The molecule has 7 heteroatoms. The topological polar surface area (TPSA) is 74.7 Å². The van der Waals surface area contributed by atoms with Crippen LogP contribution in [0, 0.1) is 5.82 Å². The predicted octanol–water partition coefficient (Wildman–Crippen LogP) is 1.45. The molecule has 1 heterocycles. The van der Waals surface area contributed by atoms with Crippen LogP contribution < -0.4 is 4.31 Å². The molecule has 0 unspecified atom stereocenters. The molecular formula is C11H12FNO4S. The summed E-state index contributed by atoms with van der Waals surface area (Å²) in [5.74, 6) is -2.44. The van der Waals surface area contributed by atoms with E-state index >= 15 is 0 Å². The third kappa shape index (κ3) is 2.17. The monoisotopic (exact) mass is 273 g/mol. The van der Waals surface area contributed by atoms with Gasteiger partial charge in [-0.25, -0.2) is 17.6 Å². The summed E-state index contributed by atoms with van der Waals surface area (Å²) in [6.45, 7) is 0.187. The Morgan fingerprint density at radius 3 is 2.67 bits per heavy atom. The first-order valence-corrected chi connectivity index (χ1v) is 7.06. The molecule has 1 aliphatic heterocycles. The molecule has 1 aromatic rings. The number of carbonyl (C=O) groups is 1. The zero-order valence-electron chi connectivity index (χ0n) is 9.47. The zero-order chi connectivity index (χ0) is 13.3. The summed E-state index contributed by atoms with van der Waals surface area (Å²) in [5, 5.41) is 8.99.